The van der Waals surface area contributed by atoms with Crippen LogP contribution in [-0.4, -0.2) is 43.7 Å². The molecule has 3 aromatic rings. The highest BCUT2D eigenvalue weighted by molar-refractivity contribution is 5.75. The van der Waals surface area contributed by atoms with Gasteiger partial charge in [0.25, 0.3) is 0 Å². The number of fused-ring (bicyclic) bond motifs is 1. The van der Waals surface area contributed by atoms with Gasteiger partial charge in [-0.1, -0.05) is 61.9 Å². The summed E-state index contributed by atoms with van der Waals surface area (Å²) in [7, 11) is 3.58. The van der Waals surface area contributed by atoms with Gasteiger partial charge in [0.1, 0.15) is 22.8 Å². The predicted molar refractivity (Wildman–Crippen MR) is 157 cm³/mol. The number of hydrogen-bond acceptors (Lipinski definition) is 4. The fourth-order valence-corrected chi connectivity index (χ4v) is 5.59. The van der Waals surface area contributed by atoms with E-state index in [-0.39, 0.29) is 17.7 Å². The van der Waals surface area contributed by atoms with E-state index < -0.39 is 5.60 Å². The Balaban J connectivity index is 1.47. The first-order chi connectivity index (χ1) is 18.8. The fraction of sp³-hybridized carbons (Fsp3) is 0.441. The molecule has 1 amide bonds. The second kappa shape index (κ2) is 13.1. The van der Waals surface area contributed by atoms with Crippen LogP contribution in [0, 0.1) is 0 Å². The van der Waals surface area contributed by atoms with Crippen molar-refractivity contribution in [3.8, 4) is 17.2 Å². The summed E-state index contributed by atoms with van der Waals surface area (Å²) in [5.41, 5.74) is 3.21. The Bertz CT molecular complexity index is 1210. The highest BCUT2D eigenvalue weighted by atomic mass is 16.5. The summed E-state index contributed by atoms with van der Waals surface area (Å²) in [6, 6.07) is 25.3. The van der Waals surface area contributed by atoms with Gasteiger partial charge in [-0.05, 0) is 62.4 Å². The average Bonchev–Trinajstić information content (AvgIpc) is 2.94. The molecule has 0 radical (unpaired) electrons. The lowest BCUT2D eigenvalue weighted by Gasteiger charge is -2.45. The van der Waals surface area contributed by atoms with Crippen LogP contribution < -0.4 is 14.2 Å². The first kappa shape index (κ1) is 28.5. The van der Waals surface area contributed by atoms with Crippen LogP contribution in [0.3, 0.4) is 0 Å². The second-order valence-corrected chi connectivity index (χ2v) is 11.0. The van der Waals surface area contributed by atoms with E-state index in [4.69, 9.17) is 14.2 Å². The van der Waals surface area contributed by atoms with E-state index in [9.17, 15) is 4.79 Å². The lowest BCUT2D eigenvalue weighted by atomic mass is 9.68. The zero-order valence-corrected chi connectivity index (χ0v) is 24.1. The van der Waals surface area contributed by atoms with Crippen molar-refractivity contribution in [2.45, 2.75) is 70.3 Å². The minimum Gasteiger partial charge on any atom is -0.497 e. The summed E-state index contributed by atoms with van der Waals surface area (Å²) in [6.07, 6.45) is 4.43. The molecule has 0 fully saturated rings. The zero-order valence-electron chi connectivity index (χ0n) is 24.1. The topological polar surface area (TPSA) is 48.0 Å². The second-order valence-electron chi connectivity index (χ2n) is 11.0. The van der Waals surface area contributed by atoms with Gasteiger partial charge in [-0.2, -0.15) is 0 Å². The molecule has 0 spiro atoms. The highest BCUT2D eigenvalue weighted by Gasteiger charge is 2.45. The minimum absolute atomic E-state index is 0.113. The molecule has 208 valence electrons. The number of unbranched alkanes of at least 4 members (excludes halogenated alkanes) is 2. The van der Waals surface area contributed by atoms with Crippen LogP contribution in [0.5, 0.6) is 17.2 Å². The summed E-state index contributed by atoms with van der Waals surface area (Å²) >= 11 is 0. The van der Waals surface area contributed by atoms with Crippen molar-refractivity contribution in [1.82, 2.24) is 4.90 Å². The number of carbonyl (C=O) groups is 1. The van der Waals surface area contributed by atoms with Crippen molar-refractivity contribution >= 4 is 5.91 Å². The molecule has 0 N–H and O–H groups in total. The van der Waals surface area contributed by atoms with Gasteiger partial charge < -0.3 is 19.1 Å². The summed E-state index contributed by atoms with van der Waals surface area (Å²) in [4.78, 5) is 14.1. The third-order valence-electron chi connectivity index (χ3n) is 7.74. The SMILES string of the molecule is CCCCN(C)C(=O)CCCCOc1ccc([C@H]2c3ccc(OC)cc3OC(C)(C)[C@@H]2c2ccccc2)cc1. The molecule has 1 aliphatic rings. The van der Waals surface area contributed by atoms with Crippen molar-refractivity contribution in [3.05, 3.63) is 89.5 Å². The van der Waals surface area contributed by atoms with Gasteiger partial charge in [0.2, 0.25) is 5.91 Å². The molecule has 0 saturated heterocycles. The molecule has 0 saturated carbocycles. The fourth-order valence-electron chi connectivity index (χ4n) is 5.59. The number of ether oxygens (including phenoxy) is 3. The molecular formula is C34H43NO4. The Kier molecular flexibility index (Phi) is 9.55. The number of hydrogen-bond donors (Lipinski definition) is 0. The smallest absolute Gasteiger partial charge is 0.222 e. The van der Waals surface area contributed by atoms with E-state index in [1.165, 1.54) is 11.1 Å². The zero-order chi connectivity index (χ0) is 27.8. The van der Waals surface area contributed by atoms with Crippen LogP contribution >= 0.6 is 0 Å². The third kappa shape index (κ3) is 6.95. The monoisotopic (exact) mass is 529 g/mol. The van der Waals surface area contributed by atoms with Crippen LogP contribution in [-0.2, 0) is 4.79 Å². The van der Waals surface area contributed by atoms with Gasteiger partial charge in [-0.3, -0.25) is 4.79 Å². The number of carbonyl (C=O) groups excluding carboxylic acids is 1. The highest BCUT2D eigenvalue weighted by Crippen LogP contribution is 2.53. The van der Waals surface area contributed by atoms with Crippen LogP contribution in [0.15, 0.2) is 72.8 Å². The molecule has 3 aromatic carbocycles. The van der Waals surface area contributed by atoms with E-state index in [0.717, 1.165) is 55.0 Å². The number of benzene rings is 3. The molecule has 5 nitrogen and oxygen atoms in total. The molecule has 0 unspecified atom stereocenters. The third-order valence-corrected chi connectivity index (χ3v) is 7.74. The first-order valence-corrected chi connectivity index (χ1v) is 14.2. The van der Waals surface area contributed by atoms with Crippen LogP contribution in [0.4, 0.5) is 0 Å². The van der Waals surface area contributed by atoms with Crippen molar-refractivity contribution in [2.24, 2.45) is 0 Å². The van der Waals surface area contributed by atoms with E-state index >= 15 is 0 Å². The maximum absolute atomic E-state index is 12.2. The molecule has 5 heteroatoms. The number of amides is 1. The summed E-state index contributed by atoms with van der Waals surface area (Å²) in [5.74, 6) is 2.97. The predicted octanol–water partition coefficient (Wildman–Crippen LogP) is 7.59. The summed E-state index contributed by atoms with van der Waals surface area (Å²) in [5, 5.41) is 0. The Morgan fingerprint density at radius 3 is 2.33 bits per heavy atom. The Hall–Kier alpha value is -3.47. The number of methoxy groups -OCH3 is 1. The normalized spacial score (nSPS) is 17.6. The van der Waals surface area contributed by atoms with Crippen LogP contribution in [0.1, 0.15) is 81.4 Å². The maximum Gasteiger partial charge on any atom is 0.222 e. The van der Waals surface area contributed by atoms with Crippen molar-refractivity contribution in [2.75, 3.05) is 27.3 Å². The minimum atomic E-state index is -0.428. The van der Waals surface area contributed by atoms with Gasteiger partial charge >= 0.3 is 0 Å². The Morgan fingerprint density at radius 1 is 0.923 bits per heavy atom. The first-order valence-electron chi connectivity index (χ1n) is 14.2. The van der Waals surface area contributed by atoms with Crippen molar-refractivity contribution < 1.29 is 19.0 Å². The molecule has 0 aliphatic carbocycles. The van der Waals surface area contributed by atoms with E-state index in [1.54, 1.807) is 7.11 Å². The molecule has 0 aromatic heterocycles. The molecule has 1 aliphatic heterocycles. The maximum atomic E-state index is 12.2. The standard InChI is InChI=1S/C34H43NO4/c1-6-7-22-35(4)31(36)15-11-12-23-38-27-18-16-25(17-19-27)32-29-21-20-28(37-5)24-30(29)39-34(2,3)33(32)26-13-9-8-10-14-26/h8-10,13-14,16-21,24,32-33H,6-7,11-12,15,22-23H2,1-5H3/t32-,33+/m0/s1. The molecule has 39 heavy (non-hydrogen) atoms. The Morgan fingerprint density at radius 2 is 1.64 bits per heavy atom. The van der Waals surface area contributed by atoms with Crippen molar-refractivity contribution in [1.29, 1.82) is 0 Å². The molecule has 2 atom stereocenters. The molecule has 0 bridgehead atoms. The van der Waals surface area contributed by atoms with Crippen LogP contribution in [0.2, 0.25) is 0 Å². The molecule has 1 heterocycles. The van der Waals surface area contributed by atoms with E-state index in [0.29, 0.717) is 13.0 Å². The lowest BCUT2D eigenvalue weighted by molar-refractivity contribution is -0.130. The largest absolute Gasteiger partial charge is 0.497 e. The van der Waals surface area contributed by atoms with Gasteiger partial charge in [0, 0.05) is 43.5 Å². The van der Waals surface area contributed by atoms with E-state index in [2.05, 4.69) is 81.4 Å². The van der Waals surface area contributed by atoms with Gasteiger partial charge in [-0.15, -0.1) is 0 Å². The van der Waals surface area contributed by atoms with Gasteiger partial charge in [-0.25, -0.2) is 0 Å². The van der Waals surface area contributed by atoms with Gasteiger partial charge in [0.05, 0.1) is 13.7 Å². The summed E-state index contributed by atoms with van der Waals surface area (Å²) < 4.78 is 18.1. The lowest BCUT2D eigenvalue weighted by Crippen LogP contribution is -2.43. The summed E-state index contributed by atoms with van der Waals surface area (Å²) in [6.45, 7) is 7.93. The number of rotatable bonds is 12. The quantitative estimate of drug-likeness (QED) is 0.227. The Labute approximate surface area is 234 Å². The molecular weight excluding hydrogens is 486 g/mol. The molecule has 4 rings (SSSR count). The van der Waals surface area contributed by atoms with E-state index in [1.807, 2.05) is 24.1 Å². The van der Waals surface area contributed by atoms with Gasteiger partial charge in [0.15, 0.2) is 0 Å². The van der Waals surface area contributed by atoms with Crippen LogP contribution in [0.25, 0.3) is 0 Å². The number of nitrogens with zero attached hydrogens (tertiary/aromatic N) is 1. The average molecular weight is 530 g/mol. The van der Waals surface area contributed by atoms with Crippen molar-refractivity contribution in [3.63, 3.8) is 0 Å².